The number of rotatable bonds is 7. The van der Waals surface area contributed by atoms with Crippen molar-refractivity contribution in [2.24, 2.45) is 7.05 Å². The topological polar surface area (TPSA) is 38.1 Å². The molecular formula is C12H22N2O. The van der Waals surface area contributed by atoms with Crippen LogP contribution in [-0.4, -0.2) is 20.8 Å². The molecule has 3 nitrogen and oxygen atoms in total. The van der Waals surface area contributed by atoms with Gasteiger partial charge in [0.25, 0.3) is 0 Å². The van der Waals surface area contributed by atoms with Crippen molar-refractivity contribution in [3.8, 4) is 0 Å². The molecule has 1 aromatic rings. The second-order valence-corrected chi connectivity index (χ2v) is 4.14. The third kappa shape index (κ3) is 4.47. The number of aliphatic hydroxyl groups excluding tert-OH is 1. The Morgan fingerprint density at radius 2 is 2.20 bits per heavy atom. The van der Waals surface area contributed by atoms with Crippen LogP contribution < -0.4 is 0 Å². The molecule has 0 aliphatic carbocycles. The number of aliphatic hydroxyl groups is 1. The molecule has 15 heavy (non-hydrogen) atoms. The molecule has 86 valence electrons. The molecule has 1 unspecified atom stereocenters. The average molecular weight is 210 g/mol. The summed E-state index contributed by atoms with van der Waals surface area (Å²) in [4.78, 5) is 4.27. The standard InChI is InChI=1S/C12H22N2O/c1-3-6-11(15)7-4-5-8-12-13-9-10-14(12)2/h9-11,15H,3-8H2,1-2H3. The van der Waals surface area contributed by atoms with Crippen molar-refractivity contribution in [1.82, 2.24) is 9.55 Å². The van der Waals surface area contributed by atoms with Crippen molar-refractivity contribution < 1.29 is 5.11 Å². The van der Waals surface area contributed by atoms with Gasteiger partial charge in [0, 0.05) is 25.9 Å². The number of hydrogen-bond acceptors (Lipinski definition) is 2. The Morgan fingerprint density at radius 1 is 1.40 bits per heavy atom. The smallest absolute Gasteiger partial charge is 0.108 e. The fraction of sp³-hybridized carbons (Fsp3) is 0.750. The Hall–Kier alpha value is -0.830. The van der Waals surface area contributed by atoms with E-state index in [4.69, 9.17) is 0 Å². The maximum absolute atomic E-state index is 9.54. The molecule has 1 N–H and O–H groups in total. The zero-order chi connectivity index (χ0) is 11.1. The van der Waals surface area contributed by atoms with Gasteiger partial charge in [-0.2, -0.15) is 0 Å². The van der Waals surface area contributed by atoms with Crippen LogP contribution in [0.4, 0.5) is 0 Å². The first kappa shape index (κ1) is 12.2. The summed E-state index contributed by atoms with van der Waals surface area (Å²) in [5, 5.41) is 9.54. The second-order valence-electron chi connectivity index (χ2n) is 4.14. The van der Waals surface area contributed by atoms with Crippen LogP contribution in [0.1, 0.15) is 44.9 Å². The highest BCUT2D eigenvalue weighted by Gasteiger charge is 2.03. The van der Waals surface area contributed by atoms with E-state index in [2.05, 4.69) is 16.5 Å². The summed E-state index contributed by atoms with van der Waals surface area (Å²) in [7, 11) is 2.02. The van der Waals surface area contributed by atoms with Gasteiger partial charge in [-0.3, -0.25) is 0 Å². The van der Waals surface area contributed by atoms with E-state index in [9.17, 15) is 5.11 Å². The summed E-state index contributed by atoms with van der Waals surface area (Å²) in [6, 6.07) is 0. The quantitative estimate of drug-likeness (QED) is 0.701. The first-order valence-corrected chi connectivity index (χ1v) is 5.88. The van der Waals surface area contributed by atoms with E-state index < -0.39 is 0 Å². The summed E-state index contributed by atoms with van der Waals surface area (Å²) in [6.07, 6.45) is 9.86. The van der Waals surface area contributed by atoms with Gasteiger partial charge in [0.1, 0.15) is 5.82 Å². The lowest BCUT2D eigenvalue weighted by Gasteiger charge is -2.08. The van der Waals surface area contributed by atoms with E-state index >= 15 is 0 Å². The SMILES string of the molecule is CCCC(O)CCCCc1nccn1C. The number of nitrogens with zero attached hydrogens (tertiary/aromatic N) is 2. The van der Waals surface area contributed by atoms with Gasteiger partial charge in [-0.05, 0) is 19.3 Å². The van der Waals surface area contributed by atoms with Crippen molar-refractivity contribution in [3.05, 3.63) is 18.2 Å². The molecule has 1 atom stereocenters. The molecule has 1 aromatic heterocycles. The van der Waals surface area contributed by atoms with Crippen molar-refractivity contribution in [2.75, 3.05) is 0 Å². The van der Waals surface area contributed by atoms with Crippen LogP contribution in [0.5, 0.6) is 0 Å². The summed E-state index contributed by atoms with van der Waals surface area (Å²) < 4.78 is 2.06. The van der Waals surface area contributed by atoms with Crippen molar-refractivity contribution in [1.29, 1.82) is 0 Å². The molecule has 0 saturated heterocycles. The molecule has 0 aliphatic heterocycles. The van der Waals surface area contributed by atoms with Crippen LogP contribution in [0.2, 0.25) is 0 Å². The summed E-state index contributed by atoms with van der Waals surface area (Å²) >= 11 is 0. The largest absolute Gasteiger partial charge is 0.393 e. The van der Waals surface area contributed by atoms with Gasteiger partial charge in [0.05, 0.1) is 6.10 Å². The lowest BCUT2D eigenvalue weighted by Crippen LogP contribution is -2.06. The molecule has 0 amide bonds. The minimum atomic E-state index is -0.101. The number of imidazole rings is 1. The highest BCUT2D eigenvalue weighted by atomic mass is 16.3. The molecule has 0 aliphatic rings. The summed E-state index contributed by atoms with van der Waals surface area (Å²) in [5.74, 6) is 1.14. The molecule has 1 heterocycles. The number of aryl methyl sites for hydroxylation is 2. The number of hydrogen-bond donors (Lipinski definition) is 1. The van der Waals surface area contributed by atoms with Crippen LogP contribution in [0.3, 0.4) is 0 Å². The normalized spacial score (nSPS) is 13.0. The van der Waals surface area contributed by atoms with Gasteiger partial charge >= 0.3 is 0 Å². The Morgan fingerprint density at radius 3 is 2.80 bits per heavy atom. The van der Waals surface area contributed by atoms with Crippen molar-refractivity contribution in [3.63, 3.8) is 0 Å². The Labute approximate surface area is 92.1 Å². The minimum Gasteiger partial charge on any atom is -0.393 e. The van der Waals surface area contributed by atoms with Gasteiger partial charge in [0.15, 0.2) is 0 Å². The third-order valence-electron chi connectivity index (χ3n) is 2.73. The Bertz CT molecular complexity index is 270. The third-order valence-corrected chi connectivity index (χ3v) is 2.73. The maximum Gasteiger partial charge on any atom is 0.108 e. The van der Waals surface area contributed by atoms with Gasteiger partial charge in [-0.25, -0.2) is 4.98 Å². The highest BCUT2D eigenvalue weighted by molar-refractivity contribution is 4.90. The molecule has 0 aromatic carbocycles. The second kappa shape index (κ2) is 6.62. The van der Waals surface area contributed by atoms with E-state index in [1.54, 1.807) is 0 Å². The first-order valence-electron chi connectivity index (χ1n) is 5.88. The molecule has 0 fully saturated rings. The lowest BCUT2D eigenvalue weighted by molar-refractivity contribution is 0.150. The highest BCUT2D eigenvalue weighted by Crippen LogP contribution is 2.09. The van der Waals surface area contributed by atoms with E-state index in [0.717, 1.165) is 44.3 Å². The lowest BCUT2D eigenvalue weighted by atomic mass is 10.1. The molecule has 3 heteroatoms. The predicted octanol–water partition coefficient (Wildman–Crippen LogP) is 2.29. The van der Waals surface area contributed by atoms with Crippen molar-refractivity contribution >= 4 is 0 Å². The minimum absolute atomic E-state index is 0.101. The van der Waals surface area contributed by atoms with E-state index in [0.29, 0.717) is 0 Å². The first-order chi connectivity index (χ1) is 7.24. The molecule has 0 radical (unpaired) electrons. The number of unbranched alkanes of at least 4 members (excludes halogenated alkanes) is 1. The van der Waals surface area contributed by atoms with Crippen molar-refractivity contribution in [2.45, 2.75) is 51.6 Å². The predicted molar refractivity (Wildman–Crippen MR) is 61.7 cm³/mol. The molecule has 1 rings (SSSR count). The van der Waals surface area contributed by atoms with Gasteiger partial charge in [0.2, 0.25) is 0 Å². The van der Waals surface area contributed by atoms with Gasteiger partial charge in [-0.15, -0.1) is 0 Å². The van der Waals surface area contributed by atoms with Crippen LogP contribution in [0.25, 0.3) is 0 Å². The van der Waals surface area contributed by atoms with Crippen LogP contribution in [-0.2, 0) is 13.5 Å². The zero-order valence-electron chi connectivity index (χ0n) is 9.82. The summed E-state index contributed by atoms with van der Waals surface area (Å²) in [5.41, 5.74) is 0. The summed E-state index contributed by atoms with van der Waals surface area (Å²) in [6.45, 7) is 2.11. The van der Waals surface area contributed by atoms with E-state index in [1.807, 2.05) is 19.4 Å². The Balaban J connectivity index is 2.09. The monoisotopic (exact) mass is 210 g/mol. The number of aromatic nitrogens is 2. The van der Waals surface area contributed by atoms with Gasteiger partial charge in [-0.1, -0.05) is 19.8 Å². The maximum atomic E-state index is 9.54. The zero-order valence-corrected chi connectivity index (χ0v) is 9.82. The fourth-order valence-corrected chi connectivity index (χ4v) is 1.78. The average Bonchev–Trinajstić information content (AvgIpc) is 2.60. The van der Waals surface area contributed by atoms with E-state index in [1.165, 1.54) is 0 Å². The van der Waals surface area contributed by atoms with Crippen LogP contribution in [0.15, 0.2) is 12.4 Å². The van der Waals surface area contributed by atoms with Crippen LogP contribution in [0, 0.1) is 0 Å². The van der Waals surface area contributed by atoms with Gasteiger partial charge < -0.3 is 9.67 Å². The molecule has 0 spiro atoms. The molecule has 0 saturated carbocycles. The van der Waals surface area contributed by atoms with Crippen LogP contribution >= 0.6 is 0 Å². The fourth-order valence-electron chi connectivity index (χ4n) is 1.78. The molecular weight excluding hydrogens is 188 g/mol. The molecule has 0 bridgehead atoms. The van der Waals surface area contributed by atoms with E-state index in [-0.39, 0.29) is 6.10 Å². The Kier molecular flexibility index (Phi) is 5.40.